The average Bonchev–Trinajstić information content (AvgIpc) is 2.26. The van der Waals surface area contributed by atoms with Gasteiger partial charge >= 0.3 is 0 Å². The Balaban J connectivity index is 2.81. The number of aliphatic hydroxyl groups excluding tert-OH is 1. The van der Waals surface area contributed by atoms with Gasteiger partial charge in [0.05, 0.1) is 0 Å². The average molecular weight is 207 g/mol. The summed E-state index contributed by atoms with van der Waals surface area (Å²) in [7, 11) is 4.10. The van der Waals surface area contributed by atoms with Gasteiger partial charge in [0, 0.05) is 12.6 Å². The SMILES string of the molecule is CCc1ccc(C(CCO)N(C)C)cc1. The van der Waals surface area contributed by atoms with E-state index in [1.54, 1.807) is 0 Å². The Morgan fingerprint density at radius 1 is 1.20 bits per heavy atom. The van der Waals surface area contributed by atoms with Crippen LogP contribution < -0.4 is 0 Å². The topological polar surface area (TPSA) is 23.5 Å². The smallest absolute Gasteiger partial charge is 0.0449 e. The summed E-state index contributed by atoms with van der Waals surface area (Å²) in [5.41, 5.74) is 2.64. The summed E-state index contributed by atoms with van der Waals surface area (Å²) in [6.45, 7) is 2.39. The highest BCUT2D eigenvalue weighted by atomic mass is 16.3. The summed E-state index contributed by atoms with van der Waals surface area (Å²) in [6.07, 6.45) is 1.87. The molecule has 2 nitrogen and oxygen atoms in total. The van der Waals surface area contributed by atoms with E-state index in [2.05, 4.69) is 36.1 Å². The zero-order chi connectivity index (χ0) is 11.3. The van der Waals surface area contributed by atoms with Crippen LogP contribution in [-0.4, -0.2) is 30.7 Å². The first-order chi connectivity index (χ1) is 7.19. The molecule has 1 unspecified atom stereocenters. The molecule has 0 spiro atoms. The van der Waals surface area contributed by atoms with Crippen molar-refractivity contribution < 1.29 is 5.11 Å². The molecule has 0 amide bonds. The molecule has 0 aliphatic carbocycles. The fourth-order valence-electron chi connectivity index (χ4n) is 1.82. The van der Waals surface area contributed by atoms with Crippen LogP contribution in [0.4, 0.5) is 0 Å². The van der Waals surface area contributed by atoms with Crippen molar-refractivity contribution in [2.75, 3.05) is 20.7 Å². The third kappa shape index (κ3) is 3.33. The lowest BCUT2D eigenvalue weighted by atomic mass is 10.0. The van der Waals surface area contributed by atoms with Gasteiger partial charge in [-0.25, -0.2) is 0 Å². The van der Waals surface area contributed by atoms with E-state index < -0.39 is 0 Å². The number of hydrogen-bond donors (Lipinski definition) is 1. The Morgan fingerprint density at radius 2 is 1.80 bits per heavy atom. The van der Waals surface area contributed by atoms with Crippen molar-refractivity contribution in [3.8, 4) is 0 Å². The Hall–Kier alpha value is -0.860. The lowest BCUT2D eigenvalue weighted by molar-refractivity contribution is 0.211. The van der Waals surface area contributed by atoms with Gasteiger partial charge in [0.25, 0.3) is 0 Å². The second kappa shape index (κ2) is 5.89. The maximum absolute atomic E-state index is 9.02. The third-order valence-corrected chi connectivity index (χ3v) is 2.80. The van der Waals surface area contributed by atoms with Crippen molar-refractivity contribution in [1.29, 1.82) is 0 Å². The van der Waals surface area contributed by atoms with Crippen LogP contribution in [0.2, 0.25) is 0 Å². The fourth-order valence-corrected chi connectivity index (χ4v) is 1.82. The van der Waals surface area contributed by atoms with Crippen molar-refractivity contribution >= 4 is 0 Å². The minimum Gasteiger partial charge on any atom is -0.396 e. The molecule has 0 saturated heterocycles. The predicted octanol–water partition coefficient (Wildman–Crippen LogP) is 2.23. The fraction of sp³-hybridized carbons (Fsp3) is 0.538. The molecule has 0 bridgehead atoms. The van der Waals surface area contributed by atoms with Crippen LogP contribution in [-0.2, 0) is 6.42 Å². The van der Waals surface area contributed by atoms with E-state index in [0.29, 0.717) is 6.04 Å². The molecule has 0 heterocycles. The summed E-state index contributed by atoms with van der Waals surface area (Å²) in [5, 5.41) is 9.02. The molecule has 84 valence electrons. The van der Waals surface area contributed by atoms with Gasteiger partial charge in [-0.05, 0) is 38.1 Å². The molecular formula is C13H21NO. The number of aliphatic hydroxyl groups is 1. The van der Waals surface area contributed by atoms with Crippen LogP contribution in [0.1, 0.15) is 30.5 Å². The van der Waals surface area contributed by atoms with Crippen LogP contribution in [0, 0.1) is 0 Å². The first-order valence-electron chi connectivity index (χ1n) is 5.55. The Bertz CT molecular complexity index is 279. The molecule has 0 aliphatic heterocycles. The number of benzene rings is 1. The van der Waals surface area contributed by atoms with Crippen LogP contribution in [0.15, 0.2) is 24.3 Å². The Kier molecular flexibility index (Phi) is 4.79. The van der Waals surface area contributed by atoms with Crippen molar-refractivity contribution in [3.05, 3.63) is 35.4 Å². The van der Waals surface area contributed by atoms with Gasteiger partial charge in [-0.3, -0.25) is 0 Å². The quantitative estimate of drug-likeness (QED) is 0.800. The number of rotatable bonds is 5. The summed E-state index contributed by atoms with van der Waals surface area (Å²) >= 11 is 0. The minimum atomic E-state index is 0.234. The largest absolute Gasteiger partial charge is 0.396 e. The molecular weight excluding hydrogens is 186 g/mol. The predicted molar refractivity (Wildman–Crippen MR) is 64.0 cm³/mol. The first kappa shape index (κ1) is 12.2. The molecule has 0 radical (unpaired) electrons. The van der Waals surface area contributed by atoms with Crippen LogP contribution >= 0.6 is 0 Å². The lowest BCUT2D eigenvalue weighted by Gasteiger charge is -2.24. The summed E-state index contributed by atoms with van der Waals surface area (Å²) < 4.78 is 0. The zero-order valence-corrected chi connectivity index (χ0v) is 9.90. The molecule has 1 aromatic rings. The molecule has 1 atom stereocenters. The van der Waals surface area contributed by atoms with E-state index >= 15 is 0 Å². The highest BCUT2D eigenvalue weighted by molar-refractivity contribution is 5.25. The molecule has 2 heteroatoms. The Morgan fingerprint density at radius 3 is 2.20 bits per heavy atom. The summed E-state index contributed by atoms with van der Waals surface area (Å²) in [4.78, 5) is 2.15. The van der Waals surface area contributed by atoms with Gasteiger partial charge in [-0.2, -0.15) is 0 Å². The minimum absolute atomic E-state index is 0.234. The molecule has 15 heavy (non-hydrogen) atoms. The van der Waals surface area contributed by atoms with E-state index in [-0.39, 0.29) is 6.61 Å². The summed E-state index contributed by atoms with van der Waals surface area (Å²) in [6, 6.07) is 8.99. The van der Waals surface area contributed by atoms with Crippen molar-refractivity contribution in [1.82, 2.24) is 4.90 Å². The summed E-state index contributed by atoms with van der Waals surface area (Å²) in [5.74, 6) is 0. The molecule has 0 aromatic heterocycles. The normalized spacial score (nSPS) is 13.1. The van der Waals surface area contributed by atoms with E-state index in [1.807, 2.05) is 14.1 Å². The molecule has 1 aromatic carbocycles. The second-order valence-corrected chi connectivity index (χ2v) is 4.09. The van der Waals surface area contributed by atoms with Crippen LogP contribution in [0.5, 0.6) is 0 Å². The van der Waals surface area contributed by atoms with Crippen molar-refractivity contribution in [2.24, 2.45) is 0 Å². The van der Waals surface area contributed by atoms with Gasteiger partial charge in [-0.1, -0.05) is 31.2 Å². The van der Waals surface area contributed by atoms with Crippen molar-refractivity contribution in [2.45, 2.75) is 25.8 Å². The van der Waals surface area contributed by atoms with Gasteiger partial charge in [0.1, 0.15) is 0 Å². The van der Waals surface area contributed by atoms with Crippen LogP contribution in [0.3, 0.4) is 0 Å². The monoisotopic (exact) mass is 207 g/mol. The maximum atomic E-state index is 9.02. The number of aryl methyl sites for hydroxylation is 1. The first-order valence-corrected chi connectivity index (χ1v) is 5.55. The maximum Gasteiger partial charge on any atom is 0.0449 e. The highest BCUT2D eigenvalue weighted by Gasteiger charge is 2.12. The number of nitrogens with zero attached hydrogens (tertiary/aromatic N) is 1. The highest BCUT2D eigenvalue weighted by Crippen LogP contribution is 2.21. The molecule has 0 aliphatic rings. The van der Waals surface area contributed by atoms with E-state index in [1.165, 1.54) is 11.1 Å². The second-order valence-electron chi connectivity index (χ2n) is 4.09. The Labute approximate surface area is 92.5 Å². The molecule has 0 saturated carbocycles. The third-order valence-electron chi connectivity index (χ3n) is 2.80. The molecule has 1 N–H and O–H groups in total. The van der Waals surface area contributed by atoms with E-state index in [9.17, 15) is 0 Å². The standard InChI is InChI=1S/C13H21NO/c1-4-11-5-7-12(8-6-11)13(9-10-15)14(2)3/h5-8,13,15H,4,9-10H2,1-3H3. The van der Waals surface area contributed by atoms with Gasteiger partial charge in [-0.15, -0.1) is 0 Å². The van der Waals surface area contributed by atoms with Gasteiger partial charge in [0.2, 0.25) is 0 Å². The zero-order valence-electron chi connectivity index (χ0n) is 9.90. The van der Waals surface area contributed by atoms with Gasteiger partial charge < -0.3 is 10.0 Å². The number of hydrogen-bond acceptors (Lipinski definition) is 2. The van der Waals surface area contributed by atoms with E-state index in [4.69, 9.17) is 5.11 Å². The van der Waals surface area contributed by atoms with Gasteiger partial charge in [0.15, 0.2) is 0 Å². The van der Waals surface area contributed by atoms with Crippen molar-refractivity contribution in [3.63, 3.8) is 0 Å². The molecule has 1 rings (SSSR count). The van der Waals surface area contributed by atoms with E-state index in [0.717, 1.165) is 12.8 Å². The lowest BCUT2D eigenvalue weighted by Crippen LogP contribution is -2.20. The van der Waals surface area contributed by atoms with Crippen LogP contribution in [0.25, 0.3) is 0 Å². The molecule has 0 fully saturated rings.